The van der Waals surface area contributed by atoms with Gasteiger partial charge in [0.25, 0.3) is 0 Å². The molecule has 0 radical (unpaired) electrons. The number of anilines is 1. The van der Waals surface area contributed by atoms with E-state index in [4.69, 9.17) is 9.47 Å². The van der Waals surface area contributed by atoms with Crippen LogP contribution in [0.3, 0.4) is 0 Å². The van der Waals surface area contributed by atoms with Crippen molar-refractivity contribution in [2.24, 2.45) is 7.05 Å². The molecule has 1 aliphatic rings. The lowest BCUT2D eigenvalue weighted by Crippen LogP contribution is -2.05. The van der Waals surface area contributed by atoms with Crippen LogP contribution in [0.15, 0.2) is 24.5 Å². The Kier molecular flexibility index (Phi) is 3.73. The summed E-state index contributed by atoms with van der Waals surface area (Å²) < 4.78 is 13.4. The summed E-state index contributed by atoms with van der Waals surface area (Å²) in [6, 6.07) is 4.20. The van der Waals surface area contributed by atoms with E-state index in [1.54, 1.807) is 4.68 Å². The van der Waals surface area contributed by atoms with Crippen molar-refractivity contribution in [1.29, 1.82) is 0 Å². The molecule has 1 aliphatic heterocycles. The van der Waals surface area contributed by atoms with Crippen LogP contribution in [-0.4, -0.2) is 22.5 Å². The Balaban J connectivity index is 1.81. The number of nitrogens with one attached hydrogen (secondary N) is 1. The van der Waals surface area contributed by atoms with E-state index in [1.165, 1.54) is 5.56 Å². The summed E-state index contributed by atoms with van der Waals surface area (Å²) in [5.74, 6) is 1.92. The van der Waals surface area contributed by atoms with Crippen LogP contribution in [0.4, 0.5) is 5.69 Å². The number of fused-ring (bicyclic) bond motifs is 1. The minimum atomic E-state index is 0.246. The molecule has 1 N–H and O–H groups in total. The van der Waals surface area contributed by atoms with Gasteiger partial charge in [0.1, 0.15) is 17.6 Å². The maximum atomic E-state index is 5.84. The molecule has 21 heavy (non-hydrogen) atoms. The van der Waals surface area contributed by atoms with Gasteiger partial charge in [0.05, 0.1) is 18.5 Å². The molecule has 0 amide bonds. The van der Waals surface area contributed by atoms with E-state index in [1.807, 2.05) is 26.4 Å². The van der Waals surface area contributed by atoms with Crippen molar-refractivity contribution in [3.8, 4) is 11.5 Å². The molecule has 5 heteroatoms. The molecule has 1 aromatic heterocycles. The van der Waals surface area contributed by atoms with Gasteiger partial charge in [-0.15, -0.1) is 0 Å². The molecule has 3 rings (SSSR count). The van der Waals surface area contributed by atoms with Crippen molar-refractivity contribution in [3.63, 3.8) is 0 Å². The summed E-state index contributed by atoms with van der Waals surface area (Å²) in [6.45, 7) is 5.44. The van der Waals surface area contributed by atoms with E-state index in [2.05, 4.69) is 29.5 Å². The van der Waals surface area contributed by atoms with Crippen LogP contribution in [0, 0.1) is 0 Å². The molecule has 0 bridgehead atoms. The highest BCUT2D eigenvalue weighted by Crippen LogP contribution is 2.35. The zero-order valence-electron chi connectivity index (χ0n) is 12.7. The van der Waals surface area contributed by atoms with Crippen LogP contribution in [0.5, 0.6) is 11.5 Å². The van der Waals surface area contributed by atoms with E-state index in [0.717, 1.165) is 29.2 Å². The van der Waals surface area contributed by atoms with Gasteiger partial charge >= 0.3 is 0 Å². The van der Waals surface area contributed by atoms with Gasteiger partial charge in [-0.3, -0.25) is 4.68 Å². The Morgan fingerprint density at radius 3 is 3.05 bits per heavy atom. The van der Waals surface area contributed by atoms with Crippen LogP contribution in [0.2, 0.25) is 0 Å². The summed E-state index contributed by atoms with van der Waals surface area (Å²) >= 11 is 0. The molecular weight excluding hydrogens is 266 g/mol. The first-order valence-electron chi connectivity index (χ1n) is 7.33. The second-order valence-electron chi connectivity index (χ2n) is 5.39. The third-order valence-corrected chi connectivity index (χ3v) is 3.57. The van der Waals surface area contributed by atoms with Crippen molar-refractivity contribution in [1.82, 2.24) is 9.78 Å². The van der Waals surface area contributed by atoms with Gasteiger partial charge in [0.15, 0.2) is 0 Å². The molecule has 1 unspecified atom stereocenters. The lowest BCUT2D eigenvalue weighted by molar-refractivity contribution is 0.254. The smallest absolute Gasteiger partial charge is 0.124 e. The molecule has 2 heterocycles. The fourth-order valence-corrected chi connectivity index (χ4v) is 2.62. The highest BCUT2D eigenvalue weighted by atomic mass is 16.5. The Morgan fingerprint density at radius 2 is 2.33 bits per heavy atom. The Hall–Kier alpha value is -2.17. The van der Waals surface area contributed by atoms with Crippen molar-refractivity contribution < 1.29 is 9.47 Å². The molecule has 1 atom stereocenters. The summed E-state index contributed by atoms with van der Waals surface area (Å²) in [5, 5.41) is 7.52. The van der Waals surface area contributed by atoms with Crippen molar-refractivity contribution in [2.45, 2.75) is 32.9 Å². The number of aromatic nitrogens is 2. The Labute approximate surface area is 124 Å². The fourth-order valence-electron chi connectivity index (χ4n) is 2.62. The molecule has 112 valence electrons. The van der Waals surface area contributed by atoms with Gasteiger partial charge in [-0.25, -0.2) is 0 Å². The number of hydrogen-bond acceptors (Lipinski definition) is 4. The maximum absolute atomic E-state index is 5.84. The van der Waals surface area contributed by atoms with Crippen LogP contribution in [-0.2, 0) is 20.0 Å². The summed E-state index contributed by atoms with van der Waals surface area (Å²) in [6.07, 6.45) is 4.96. The van der Waals surface area contributed by atoms with Gasteiger partial charge in [0, 0.05) is 37.3 Å². The normalized spacial score (nSPS) is 16.4. The molecule has 0 spiro atoms. The summed E-state index contributed by atoms with van der Waals surface area (Å²) in [7, 11) is 1.90. The maximum Gasteiger partial charge on any atom is 0.124 e. The standard InChI is InChI=1S/C16H21N3O2/c1-4-20-15-6-12-5-11(2)21-16(12)7-13(15)8-17-14-9-18-19(3)10-14/h6-7,9-11,17H,4-5,8H2,1-3H3. The van der Waals surface area contributed by atoms with Crippen molar-refractivity contribution >= 4 is 5.69 Å². The third kappa shape index (κ3) is 2.96. The molecule has 1 aromatic carbocycles. The number of rotatable bonds is 5. The lowest BCUT2D eigenvalue weighted by Gasteiger charge is -2.13. The van der Waals surface area contributed by atoms with Crippen LogP contribution in [0.1, 0.15) is 25.0 Å². The number of nitrogens with zero attached hydrogens (tertiary/aromatic N) is 2. The minimum absolute atomic E-state index is 0.246. The molecule has 0 saturated heterocycles. The van der Waals surface area contributed by atoms with E-state index in [0.29, 0.717) is 13.2 Å². The SMILES string of the molecule is CCOc1cc2c(cc1CNc1cnn(C)c1)OC(C)C2. The van der Waals surface area contributed by atoms with Gasteiger partial charge in [-0.05, 0) is 26.0 Å². The van der Waals surface area contributed by atoms with E-state index < -0.39 is 0 Å². The largest absolute Gasteiger partial charge is 0.494 e. The Morgan fingerprint density at radius 1 is 1.48 bits per heavy atom. The van der Waals surface area contributed by atoms with Crippen LogP contribution >= 0.6 is 0 Å². The van der Waals surface area contributed by atoms with E-state index in [-0.39, 0.29) is 6.10 Å². The molecule has 0 saturated carbocycles. The van der Waals surface area contributed by atoms with E-state index >= 15 is 0 Å². The number of benzene rings is 1. The van der Waals surface area contributed by atoms with Crippen LogP contribution < -0.4 is 14.8 Å². The summed E-state index contributed by atoms with van der Waals surface area (Å²) in [4.78, 5) is 0. The number of ether oxygens (including phenoxy) is 2. The highest BCUT2D eigenvalue weighted by Gasteiger charge is 2.21. The third-order valence-electron chi connectivity index (χ3n) is 3.57. The predicted octanol–water partition coefficient (Wildman–Crippen LogP) is 2.75. The monoisotopic (exact) mass is 287 g/mol. The fraction of sp³-hybridized carbons (Fsp3) is 0.438. The highest BCUT2D eigenvalue weighted by molar-refractivity contribution is 5.50. The second-order valence-corrected chi connectivity index (χ2v) is 5.39. The topological polar surface area (TPSA) is 48.3 Å². The minimum Gasteiger partial charge on any atom is -0.494 e. The lowest BCUT2D eigenvalue weighted by atomic mass is 10.1. The average Bonchev–Trinajstić information content (AvgIpc) is 3.01. The van der Waals surface area contributed by atoms with Gasteiger partial charge in [-0.1, -0.05) is 0 Å². The predicted molar refractivity (Wildman–Crippen MR) is 81.9 cm³/mol. The molecule has 2 aromatic rings. The molecule has 0 fully saturated rings. The van der Waals surface area contributed by atoms with Gasteiger partial charge in [0.2, 0.25) is 0 Å². The van der Waals surface area contributed by atoms with Crippen molar-refractivity contribution in [3.05, 3.63) is 35.7 Å². The first kappa shape index (κ1) is 13.8. The Bertz CT molecular complexity index is 636. The zero-order valence-corrected chi connectivity index (χ0v) is 12.7. The number of hydrogen-bond donors (Lipinski definition) is 1. The quantitative estimate of drug-likeness (QED) is 0.918. The molecule has 5 nitrogen and oxygen atoms in total. The first-order valence-corrected chi connectivity index (χ1v) is 7.33. The zero-order chi connectivity index (χ0) is 14.8. The number of aryl methyl sites for hydroxylation is 1. The van der Waals surface area contributed by atoms with Gasteiger partial charge in [-0.2, -0.15) is 5.10 Å². The molecular formula is C16H21N3O2. The average molecular weight is 287 g/mol. The van der Waals surface area contributed by atoms with E-state index in [9.17, 15) is 0 Å². The van der Waals surface area contributed by atoms with Crippen LogP contribution in [0.25, 0.3) is 0 Å². The molecule has 0 aliphatic carbocycles. The first-order chi connectivity index (χ1) is 10.2. The second kappa shape index (κ2) is 5.68. The van der Waals surface area contributed by atoms with Crippen molar-refractivity contribution in [2.75, 3.05) is 11.9 Å². The van der Waals surface area contributed by atoms with Gasteiger partial charge < -0.3 is 14.8 Å². The summed E-state index contributed by atoms with van der Waals surface area (Å²) in [5.41, 5.74) is 3.33.